The molecule has 2 heterocycles. The van der Waals surface area contributed by atoms with Gasteiger partial charge in [-0.05, 0) is 70.4 Å². The van der Waals surface area contributed by atoms with Crippen LogP contribution in [0.4, 0.5) is 0 Å². The van der Waals surface area contributed by atoms with E-state index in [9.17, 15) is 0 Å². The maximum Gasteiger partial charge on any atom is 0.145 e. The van der Waals surface area contributed by atoms with Crippen molar-refractivity contribution in [2.45, 2.75) is 0 Å². The Labute approximate surface area is 224 Å². The van der Waals surface area contributed by atoms with Crippen LogP contribution in [0.25, 0.3) is 70.2 Å². The quantitative estimate of drug-likeness (QED) is 0.235. The minimum absolute atomic E-state index is 0.958. The first-order valence-electron chi connectivity index (χ1n) is 12.8. The molecule has 0 aliphatic rings. The van der Waals surface area contributed by atoms with E-state index in [1.807, 2.05) is 11.3 Å². The van der Waals surface area contributed by atoms with Gasteiger partial charge in [-0.15, -0.1) is 11.3 Å². The highest BCUT2D eigenvalue weighted by Gasteiger charge is 2.17. The van der Waals surface area contributed by atoms with Crippen molar-refractivity contribution in [3.63, 3.8) is 0 Å². The average molecular weight is 503 g/mol. The highest BCUT2D eigenvalue weighted by Crippen LogP contribution is 2.38. The van der Waals surface area contributed by atoms with Gasteiger partial charge < -0.3 is 0 Å². The Balaban J connectivity index is 1.38. The Kier molecular flexibility index (Phi) is 4.73. The van der Waals surface area contributed by atoms with Gasteiger partial charge in [0.25, 0.3) is 0 Å². The Hall–Kier alpha value is -4.73. The lowest BCUT2D eigenvalue weighted by molar-refractivity contribution is 1.10. The summed E-state index contributed by atoms with van der Waals surface area (Å²) in [7, 11) is 0. The third-order valence-electron chi connectivity index (χ3n) is 7.39. The van der Waals surface area contributed by atoms with Crippen LogP contribution >= 0.6 is 11.3 Å². The van der Waals surface area contributed by atoms with Gasteiger partial charge in [-0.2, -0.15) is 0 Å². The van der Waals surface area contributed by atoms with E-state index in [1.165, 1.54) is 42.1 Å². The molecule has 8 rings (SSSR count). The van der Waals surface area contributed by atoms with E-state index in [2.05, 4.69) is 138 Å². The monoisotopic (exact) mass is 502 g/mol. The Bertz CT molecular complexity index is 2120. The van der Waals surface area contributed by atoms with Gasteiger partial charge in [0, 0.05) is 31.4 Å². The van der Waals surface area contributed by atoms with Crippen LogP contribution < -0.4 is 0 Å². The lowest BCUT2D eigenvalue weighted by Gasteiger charge is -2.11. The van der Waals surface area contributed by atoms with Crippen LogP contribution in [0.3, 0.4) is 0 Å². The van der Waals surface area contributed by atoms with Crippen LogP contribution in [0.2, 0.25) is 0 Å². The van der Waals surface area contributed by atoms with Crippen molar-refractivity contribution >= 4 is 53.3 Å². The molecular weight excluding hydrogens is 480 g/mol. The molecule has 0 aliphatic carbocycles. The van der Waals surface area contributed by atoms with Gasteiger partial charge in [-0.1, -0.05) is 84.9 Å². The second-order valence-corrected chi connectivity index (χ2v) is 10.8. The molecule has 38 heavy (non-hydrogen) atoms. The van der Waals surface area contributed by atoms with Crippen molar-refractivity contribution in [2.24, 2.45) is 0 Å². The summed E-state index contributed by atoms with van der Waals surface area (Å²) >= 11 is 1.85. The number of thiophene rings is 1. The highest BCUT2D eigenvalue weighted by molar-refractivity contribution is 7.25. The number of rotatable bonds is 3. The Morgan fingerprint density at radius 1 is 0.500 bits per heavy atom. The topological polar surface area (TPSA) is 17.8 Å². The highest BCUT2D eigenvalue weighted by atomic mass is 32.1. The molecular formula is C35H22N2S. The van der Waals surface area contributed by atoms with Gasteiger partial charge in [0.15, 0.2) is 0 Å². The molecule has 0 spiro atoms. The molecule has 0 aliphatic heterocycles. The smallest absolute Gasteiger partial charge is 0.145 e. The van der Waals surface area contributed by atoms with Crippen LogP contribution in [0.15, 0.2) is 133 Å². The number of aromatic nitrogens is 2. The van der Waals surface area contributed by atoms with Crippen LogP contribution in [0, 0.1) is 0 Å². The maximum atomic E-state index is 5.23. The zero-order valence-corrected chi connectivity index (χ0v) is 21.3. The molecule has 6 aromatic carbocycles. The first-order chi connectivity index (χ1) is 18.8. The fourth-order valence-electron chi connectivity index (χ4n) is 5.52. The summed E-state index contributed by atoms with van der Waals surface area (Å²) in [6, 6.07) is 47.8. The molecule has 0 atom stereocenters. The second-order valence-electron chi connectivity index (χ2n) is 9.68. The van der Waals surface area contributed by atoms with Gasteiger partial charge in [-0.3, -0.25) is 4.57 Å². The van der Waals surface area contributed by atoms with Crippen molar-refractivity contribution in [2.75, 3.05) is 0 Å². The summed E-state index contributed by atoms with van der Waals surface area (Å²) < 4.78 is 4.93. The Morgan fingerprint density at radius 3 is 2.00 bits per heavy atom. The number of hydrogen-bond donors (Lipinski definition) is 0. The SMILES string of the molecule is c1ccc(-c2ccc(-n3c(-c4ccc5sc6ccccc6c5c4)nc4cc5ccccc5cc43)cc2)cc1. The molecule has 8 aromatic rings. The predicted molar refractivity (Wildman–Crippen MR) is 162 cm³/mol. The fraction of sp³-hybridized carbons (Fsp3) is 0. The normalized spacial score (nSPS) is 11.7. The van der Waals surface area contributed by atoms with Gasteiger partial charge in [-0.25, -0.2) is 4.98 Å². The van der Waals surface area contributed by atoms with E-state index in [1.54, 1.807) is 0 Å². The van der Waals surface area contributed by atoms with Gasteiger partial charge >= 0.3 is 0 Å². The largest absolute Gasteiger partial charge is 0.292 e. The molecule has 2 aromatic heterocycles. The van der Waals surface area contributed by atoms with Crippen molar-refractivity contribution in [3.8, 4) is 28.2 Å². The molecule has 0 saturated heterocycles. The number of fused-ring (bicyclic) bond motifs is 5. The zero-order chi connectivity index (χ0) is 25.1. The lowest BCUT2D eigenvalue weighted by Crippen LogP contribution is -1.97. The van der Waals surface area contributed by atoms with E-state index in [0.717, 1.165) is 28.1 Å². The summed E-state index contributed by atoms with van der Waals surface area (Å²) in [5.74, 6) is 0.958. The van der Waals surface area contributed by atoms with Gasteiger partial charge in [0.05, 0.1) is 11.0 Å². The molecule has 0 N–H and O–H groups in total. The molecule has 0 unspecified atom stereocenters. The van der Waals surface area contributed by atoms with Crippen molar-refractivity contribution in [3.05, 3.63) is 133 Å². The summed E-state index contributed by atoms with van der Waals surface area (Å²) in [6.07, 6.45) is 0. The Morgan fingerprint density at radius 2 is 1.16 bits per heavy atom. The number of nitrogens with zero attached hydrogens (tertiary/aromatic N) is 2. The van der Waals surface area contributed by atoms with Gasteiger partial charge in [0.1, 0.15) is 5.82 Å². The van der Waals surface area contributed by atoms with Crippen LogP contribution in [0.5, 0.6) is 0 Å². The first-order valence-corrected chi connectivity index (χ1v) is 13.6. The van der Waals surface area contributed by atoms with Crippen molar-refractivity contribution < 1.29 is 0 Å². The minimum atomic E-state index is 0.958. The van der Waals surface area contributed by atoms with E-state index in [4.69, 9.17) is 4.98 Å². The summed E-state index contributed by atoms with van der Waals surface area (Å²) in [6.45, 7) is 0. The van der Waals surface area contributed by atoms with E-state index in [0.29, 0.717) is 0 Å². The summed E-state index contributed by atoms with van der Waals surface area (Å²) in [5, 5.41) is 5.00. The van der Waals surface area contributed by atoms with Crippen LogP contribution in [0.1, 0.15) is 0 Å². The summed E-state index contributed by atoms with van der Waals surface area (Å²) in [5.41, 5.74) is 6.76. The zero-order valence-electron chi connectivity index (χ0n) is 20.5. The second kappa shape index (κ2) is 8.41. The fourth-order valence-corrected chi connectivity index (χ4v) is 6.60. The average Bonchev–Trinajstić information content (AvgIpc) is 3.54. The first kappa shape index (κ1) is 21.4. The van der Waals surface area contributed by atoms with Crippen LogP contribution in [-0.4, -0.2) is 9.55 Å². The number of benzene rings is 6. The van der Waals surface area contributed by atoms with Crippen molar-refractivity contribution in [1.29, 1.82) is 0 Å². The number of hydrogen-bond acceptors (Lipinski definition) is 2. The lowest BCUT2D eigenvalue weighted by atomic mass is 10.1. The predicted octanol–water partition coefficient (Wildman–Crippen LogP) is 9.88. The molecule has 0 fully saturated rings. The van der Waals surface area contributed by atoms with Gasteiger partial charge in [0.2, 0.25) is 0 Å². The minimum Gasteiger partial charge on any atom is -0.292 e. The third-order valence-corrected chi connectivity index (χ3v) is 8.54. The molecule has 0 saturated carbocycles. The molecule has 0 amide bonds. The molecule has 178 valence electrons. The van der Waals surface area contributed by atoms with E-state index < -0.39 is 0 Å². The van der Waals surface area contributed by atoms with E-state index >= 15 is 0 Å². The standard InChI is InChI=1S/C35H22N2S/c1-2-8-23(9-3-1)24-14-17-28(18-15-24)37-32-22-26-11-5-4-10-25(26)21-31(32)36-35(37)27-16-19-34-30(20-27)29-12-6-7-13-33(29)38-34/h1-22H. The molecule has 3 heteroatoms. The third kappa shape index (κ3) is 3.37. The van der Waals surface area contributed by atoms with Crippen LogP contribution in [-0.2, 0) is 0 Å². The maximum absolute atomic E-state index is 5.23. The summed E-state index contributed by atoms with van der Waals surface area (Å²) in [4.78, 5) is 5.23. The number of imidazole rings is 1. The molecule has 0 bridgehead atoms. The molecule has 0 radical (unpaired) electrons. The molecule has 2 nitrogen and oxygen atoms in total. The van der Waals surface area contributed by atoms with Crippen molar-refractivity contribution in [1.82, 2.24) is 9.55 Å². The van der Waals surface area contributed by atoms with E-state index in [-0.39, 0.29) is 0 Å².